The first kappa shape index (κ1) is 18.8. The summed E-state index contributed by atoms with van der Waals surface area (Å²) >= 11 is 0. The molecule has 6 heteroatoms. The van der Waals surface area contributed by atoms with Gasteiger partial charge in [-0.2, -0.15) is 0 Å². The number of amidine groups is 1. The molecule has 0 atom stereocenters. The van der Waals surface area contributed by atoms with E-state index in [1.54, 1.807) is 24.4 Å². The van der Waals surface area contributed by atoms with E-state index in [4.69, 9.17) is 11.8 Å². The van der Waals surface area contributed by atoms with Crippen molar-refractivity contribution in [3.8, 4) is 12.3 Å². The Hall–Kier alpha value is -3.98. The lowest BCUT2D eigenvalue weighted by atomic mass is 10.1. The number of carbonyl (C=O) groups is 1. The maximum Gasteiger partial charge on any atom is 0.258 e. The van der Waals surface area contributed by atoms with Gasteiger partial charge in [0.15, 0.2) is 0 Å². The Kier molecular flexibility index (Phi) is 5.47. The van der Waals surface area contributed by atoms with Crippen molar-refractivity contribution in [1.82, 2.24) is 14.9 Å². The van der Waals surface area contributed by atoms with Gasteiger partial charge in [-0.3, -0.25) is 15.0 Å². The fourth-order valence-electron chi connectivity index (χ4n) is 2.65. The van der Waals surface area contributed by atoms with Crippen LogP contribution in [0.2, 0.25) is 0 Å². The van der Waals surface area contributed by atoms with E-state index in [9.17, 15) is 9.59 Å². The number of nitrogens with one attached hydrogen (secondary N) is 2. The summed E-state index contributed by atoms with van der Waals surface area (Å²) in [6.07, 6.45) is 8.36. The second-order valence-electron chi connectivity index (χ2n) is 6.28. The molecule has 0 aliphatic heterocycles. The Labute approximate surface area is 162 Å². The Morgan fingerprint density at radius 2 is 2.04 bits per heavy atom. The molecule has 0 radical (unpaired) electrons. The van der Waals surface area contributed by atoms with Crippen molar-refractivity contribution < 1.29 is 4.79 Å². The van der Waals surface area contributed by atoms with E-state index in [0.29, 0.717) is 11.3 Å². The van der Waals surface area contributed by atoms with Crippen molar-refractivity contribution in [3.05, 3.63) is 99.2 Å². The number of nitrogens with zero attached hydrogens (tertiary/aromatic N) is 2. The third kappa shape index (κ3) is 4.40. The molecule has 0 saturated carbocycles. The molecule has 0 saturated heterocycles. The number of pyridine rings is 2. The number of carbonyl (C=O) groups excluding carboxylic acids is 1. The molecular weight excluding hydrogens is 352 g/mol. The van der Waals surface area contributed by atoms with Crippen LogP contribution in [0.1, 0.15) is 32.7 Å². The average Bonchev–Trinajstić information content (AvgIpc) is 2.70. The van der Waals surface area contributed by atoms with Crippen LogP contribution in [0.15, 0.2) is 65.7 Å². The number of benzene rings is 1. The summed E-state index contributed by atoms with van der Waals surface area (Å²) in [4.78, 5) is 28.8. The van der Waals surface area contributed by atoms with Gasteiger partial charge in [-0.1, -0.05) is 35.7 Å². The van der Waals surface area contributed by atoms with Crippen LogP contribution in [-0.2, 0) is 6.54 Å². The average molecular weight is 370 g/mol. The zero-order valence-corrected chi connectivity index (χ0v) is 15.3. The summed E-state index contributed by atoms with van der Waals surface area (Å²) in [5, 5.41) is 10.7. The number of terminal acetylenes is 1. The summed E-state index contributed by atoms with van der Waals surface area (Å²) in [7, 11) is 0. The molecular formula is C22H18N4O2. The van der Waals surface area contributed by atoms with E-state index in [-0.39, 0.29) is 23.5 Å². The number of hydrogen-bond acceptors (Lipinski definition) is 4. The van der Waals surface area contributed by atoms with Crippen molar-refractivity contribution in [2.24, 2.45) is 0 Å². The first-order chi connectivity index (χ1) is 13.5. The molecule has 1 amide bonds. The molecule has 1 aromatic carbocycles. The molecule has 138 valence electrons. The van der Waals surface area contributed by atoms with E-state index >= 15 is 0 Å². The molecule has 0 bridgehead atoms. The van der Waals surface area contributed by atoms with Crippen molar-refractivity contribution in [2.45, 2.75) is 13.5 Å². The lowest BCUT2D eigenvalue weighted by Crippen LogP contribution is -2.32. The lowest BCUT2D eigenvalue weighted by Gasteiger charge is -2.10. The van der Waals surface area contributed by atoms with E-state index < -0.39 is 5.91 Å². The van der Waals surface area contributed by atoms with Crippen LogP contribution in [0.5, 0.6) is 0 Å². The smallest absolute Gasteiger partial charge is 0.258 e. The van der Waals surface area contributed by atoms with E-state index in [2.05, 4.69) is 16.2 Å². The predicted octanol–water partition coefficient (Wildman–Crippen LogP) is 2.34. The largest absolute Gasteiger partial charge is 0.310 e. The monoisotopic (exact) mass is 370 g/mol. The highest BCUT2D eigenvalue weighted by molar-refractivity contribution is 6.11. The van der Waals surface area contributed by atoms with Crippen molar-refractivity contribution in [3.63, 3.8) is 0 Å². The number of aromatic nitrogens is 2. The van der Waals surface area contributed by atoms with Crippen LogP contribution in [0.25, 0.3) is 0 Å². The Bertz CT molecular complexity index is 1140. The highest BCUT2D eigenvalue weighted by atomic mass is 16.2. The highest BCUT2D eigenvalue weighted by Crippen LogP contribution is 2.06. The molecule has 2 heterocycles. The van der Waals surface area contributed by atoms with Crippen LogP contribution in [-0.4, -0.2) is 21.3 Å². The zero-order chi connectivity index (χ0) is 20.1. The molecule has 0 fully saturated rings. The van der Waals surface area contributed by atoms with Gasteiger partial charge in [-0.25, -0.2) is 4.98 Å². The van der Waals surface area contributed by atoms with Crippen LogP contribution >= 0.6 is 0 Å². The van der Waals surface area contributed by atoms with Crippen LogP contribution in [0.3, 0.4) is 0 Å². The summed E-state index contributed by atoms with van der Waals surface area (Å²) in [6, 6.07) is 13.6. The lowest BCUT2D eigenvalue weighted by molar-refractivity contribution is 0.0976. The summed E-state index contributed by atoms with van der Waals surface area (Å²) < 4.78 is 1.41. The Morgan fingerprint density at radius 1 is 1.21 bits per heavy atom. The van der Waals surface area contributed by atoms with Gasteiger partial charge >= 0.3 is 0 Å². The first-order valence-electron chi connectivity index (χ1n) is 8.55. The standard InChI is InChI=1S/C22H18N4O2/c1-3-19-9-7-16(12-24-19)13-26-14-18(8-10-20(26)27)22(28)25-21(23)17-6-4-5-15(2)11-17/h1,4-12,14H,13H2,2H3,(H2,23,25,28). The third-order valence-electron chi connectivity index (χ3n) is 4.12. The molecule has 2 aromatic heterocycles. The van der Waals surface area contributed by atoms with Gasteiger partial charge in [0.25, 0.3) is 11.5 Å². The van der Waals surface area contributed by atoms with Crippen molar-refractivity contribution in [1.29, 1.82) is 5.41 Å². The SMILES string of the molecule is C#Cc1ccc(Cn2cc(C(=O)NC(=N)c3cccc(C)c3)ccc2=O)cn1. The Morgan fingerprint density at radius 3 is 2.71 bits per heavy atom. The van der Waals surface area contributed by atoms with E-state index in [1.165, 1.54) is 22.9 Å². The van der Waals surface area contributed by atoms with Crippen LogP contribution < -0.4 is 10.9 Å². The summed E-state index contributed by atoms with van der Waals surface area (Å²) in [6.45, 7) is 2.17. The minimum absolute atomic E-state index is 0.000485. The van der Waals surface area contributed by atoms with Crippen LogP contribution in [0.4, 0.5) is 0 Å². The number of aryl methyl sites for hydroxylation is 1. The molecule has 28 heavy (non-hydrogen) atoms. The minimum Gasteiger partial charge on any atom is -0.310 e. The van der Waals surface area contributed by atoms with E-state index in [1.807, 2.05) is 25.1 Å². The third-order valence-corrected chi connectivity index (χ3v) is 4.12. The maximum absolute atomic E-state index is 12.5. The number of amides is 1. The topological polar surface area (TPSA) is 87.8 Å². The zero-order valence-electron chi connectivity index (χ0n) is 15.3. The first-order valence-corrected chi connectivity index (χ1v) is 8.55. The molecule has 0 unspecified atom stereocenters. The van der Waals surface area contributed by atoms with Gasteiger partial charge in [-0.05, 0) is 30.7 Å². The summed E-state index contributed by atoms with van der Waals surface area (Å²) in [5.74, 6) is 1.98. The second kappa shape index (κ2) is 8.14. The van der Waals surface area contributed by atoms with E-state index in [0.717, 1.165) is 11.1 Å². The molecule has 0 aliphatic rings. The predicted molar refractivity (Wildman–Crippen MR) is 107 cm³/mol. The highest BCUT2D eigenvalue weighted by Gasteiger charge is 2.11. The number of hydrogen-bond donors (Lipinski definition) is 2. The maximum atomic E-state index is 12.5. The molecule has 3 rings (SSSR count). The molecule has 0 spiro atoms. The van der Waals surface area contributed by atoms with Gasteiger partial charge in [0.05, 0.1) is 12.1 Å². The fourth-order valence-corrected chi connectivity index (χ4v) is 2.65. The molecule has 0 aliphatic carbocycles. The van der Waals surface area contributed by atoms with Crippen LogP contribution in [0, 0.1) is 24.7 Å². The molecule has 2 N–H and O–H groups in total. The van der Waals surface area contributed by atoms with Gasteiger partial charge in [-0.15, -0.1) is 6.42 Å². The number of rotatable bonds is 4. The molecule has 3 aromatic rings. The van der Waals surface area contributed by atoms with Gasteiger partial charge in [0, 0.05) is 24.0 Å². The van der Waals surface area contributed by atoms with Gasteiger partial charge in [0.1, 0.15) is 11.5 Å². The Balaban J connectivity index is 1.78. The van der Waals surface area contributed by atoms with Gasteiger partial charge < -0.3 is 9.88 Å². The minimum atomic E-state index is -0.457. The summed E-state index contributed by atoms with van der Waals surface area (Å²) in [5.41, 5.74) is 2.94. The van der Waals surface area contributed by atoms with Crippen molar-refractivity contribution in [2.75, 3.05) is 0 Å². The quantitative estimate of drug-likeness (QED) is 0.420. The molecule has 6 nitrogen and oxygen atoms in total. The normalized spacial score (nSPS) is 10.1. The van der Waals surface area contributed by atoms with Gasteiger partial charge in [0.2, 0.25) is 0 Å². The fraction of sp³-hybridized carbons (Fsp3) is 0.0909. The second-order valence-corrected chi connectivity index (χ2v) is 6.28. The van der Waals surface area contributed by atoms with Crippen molar-refractivity contribution >= 4 is 11.7 Å².